The predicted octanol–water partition coefficient (Wildman–Crippen LogP) is 21.9. The number of aromatic nitrogens is 12. The highest BCUT2D eigenvalue weighted by atomic mass is 35.6. The molecular formula is C110H50Cl6F12N12. The topological polar surface area (TPSA) is 155 Å². The molecule has 0 unspecified atom stereocenters. The summed E-state index contributed by atoms with van der Waals surface area (Å²) in [4.78, 5) is 46.4. The van der Waals surface area contributed by atoms with Gasteiger partial charge in [0.1, 0.15) is 0 Å². The smallest absolute Gasteiger partial charge is 0.180 e. The monoisotopic (exact) mass is 1980 g/mol. The summed E-state index contributed by atoms with van der Waals surface area (Å²) in [5.41, 5.74) is -1.58. The lowest BCUT2D eigenvalue weighted by molar-refractivity contribution is 0.530. The molecule has 0 saturated carbocycles. The summed E-state index contributed by atoms with van der Waals surface area (Å²) in [6.07, 6.45) is 36.0. The van der Waals surface area contributed by atoms with E-state index in [0.717, 1.165) is 0 Å². The summed E-state index contributed by atoms with van der Waals surface area (Å²) >= 11 is 28.8. The van der Waals surface area contributed by atoms with Crippen molar-refractivity contribution in [2.75, 3.05) is 0 Å². The Morgan fingerprint density at radius 1 is 0.121 bits per heavy atom. The predicted molar refractivity (Wildman–Crippen MR) is 511 cm³/mol. The number of rotatable bonds is 0. The van der Waals surface area contributed by atoms with Crippen molar-refractivity contribution in [2.45, 2.75) is 8.59 Å². The summed E-state index contributed by atoms with van der Waals surface area (Å²) < 4.78 is 181. The molecule has 0 atom stereocenters. The highest BCUT2D eigenvalue weighted by Gasteiger charge is 2.27. The van der Waals surface area contributed by atoms with Gasteiger partial charge in [-0.15, -0.1) is 0 Å². The highest BCUT2D eigenvalue weighted by molar-refractivity contribution is 6.63. The van der Waals surface area contributed by atoms with E-state index in [0.29, 0.717) is 66.8 Å². The van der Waals surface area contributed by atoms with Gasteiger partial charge >= 0.3 is 0 Å². The van der Waals surface area contributed by atoms with Crippen LogP contribution in [-0.2, 0) is 0 Å². The van der Waals surface area contributed by atoms with Gasteiger partial charge in [0, 0.05) is 215 Å². The number of nitrogens with zero attached hydrogens (tertiary/aromatic N) is 12. The van der Waals surface area contributed by atoms with E-state index in [1.54, 1.807) is 146 Å². The number of hydrogen-bond acceptors (Lipinski definition) is 12. The molecule has 0 saturated heterocycles. The Balaban J connectivity index is 0.000000174. The molecule has 0 amide bonds. The normalized spacial score (nSPS) is 9.51. The number of hydrogen-bond donors (Lipinski definition) is 0. The van der Waals surface area contributed by atoms with E-state index < -0.39 is 145 Å². The lowest BCUT2D eigenvalue weighted by atomic mass is 10.0. The van der Waals surface area contributed by atoms with Crippen molar-refractivity contribution >= 4 is 69.6 Å². The molecule has 12 nitrogen and oxygen atoms in total. The van der Waals surface area contributed by atoms with Crippen LogP contribution in [0.1, 0.15) is 134 Å². The van der Waals surface area contributed by atoms with E-state index in [1.165, 1.54) is 149 Å². The van der Waals surface area contributed by atoms with Crippen molar-refractivity contribution in [3.63, 3.8) is 0 Å². The fourth-order valence-electron chi connectivity index (χ4n) is 10.8. The van der Waals surface area contributed by atoms with Gasteiger partial charge in [-0.05, 0) is 146 Å². The second kappa shape index (κ2) is 54.0. The van der Waals surface area contributed by atoms with E-state index in [1.807, 2.05) is 0 Å². The molecule has 16 aromatic rings. The molecule has 12 heterocycles. The van der Waals surface area contributed by atoms with Gasteiger partial charge < -0.3 is 0 Å². The summed E-state index contributed by atoms with van der Waals surface area (Å²) in [7, 11) is 0. The largest absolute Gasteiger partial charge is 0.265 e. The van der Waals surface area contributed by atoms with Crippen molar-refractivity contribution in [3.8, 4) is 142 Å². The lowest BCUT2D eigenvalue weighted by Gasteiger charge is -2.06. The van der Waals surface area contributed by atoms with Crippen molar-refractivity contribution in [3.05, 3.63) is 498 Å². The van der Waals surface area contributed by atoms with E-state index >= 15 is 52.7 Å². The maximum atomic E-state index is 15.2. The molecule has 140 heavy (non-hydrogen) atoms. The minimum Gasteiger partial charge on any atom is -0.265 e. The van der Waals surface area contributed by atoms with E-state index in [9.17, 15) is 0 Å². The standard InChI is InChI=1S/4C27H12F3N3.2CHCl3/c4*28-25-22(4-1-19-7-13-31-14-8-19)26(29)24(6-3-21-11-17-33-18-12-21)27(30)23(25)5-2-20-9-15-32-16-10-20;2*2-1(3)4/h4*7-18H;2*1H. The third-order valence-electron chi connectivity index (χ3n) is 17.4. The fourth-order valence-corrected chi connectivity index (χ4v) is 10.8. The molecule has 0 spiro atoms. The minimum atomic E-state index is -1.19. The van der Waals surface area contributed by atoms with Gasteiger partial charge in [0.05, 0.1) is 66.8 Å². The Morgan fingerprint density at radius 3 is 0.236 bits per heavy atom. The summed E-state index contributed by atoms with van der Waals surface area (Å²) in [5, 5.41) is 0. The number of benzene rings is 4. The van der Waals surface area contributed by atoms with E-state index in [4.69, 9.17) is 69.6 Å². The second-order valence-electron chi connectivity index (χ2n) is 26.6. The van der Waals surface area contributed by atoms with Crippen molar-refractivity contribution in [2.24, 2.45) is 0 Å². The third kappa shape index (κ3) is 31.2. The maximum Gasteiger partial charge on any atom is 0.180 e. The molecule has 16 rings (SSSR count). The van der Waals surface area contributed by atoms with Crippen LogP contribution in [-0.4, -0.2) is 68.4 Å². The van der Waals surface area contributed by atoms with Crippen LogP contribution in [0.2, 0.25) is 0 Å². The molecule has 0 aliphatic rings. The van der Waals surface area contributed by atoms with Crippen LogP contribution in [0.3, 0.4) is 0 Å². The van der Waals surface area contributed by atoms with Gasteiger partial charge in [-0.25, -0.2) is 52.7 Å². The van der Waals surface area contributed by atoms with Crippen molar-refractivity contribution in [1.82, 2.24) is 59.8 Å². The quantitative estimate of drug-likeness (QED) is 0.0806. The fraction of sp³-hybridized carbons (Fsp3) is 0.0182. The first-order chi connectivity index (χ1) is 68.0. The van der Waals surface area contributed by atoms with E-state index in [2.05, 4.69) is 202 Å². The molecule has 0 aliphatic heterocycles. The molecule has 12 aromatic heterocycles. The summed E-state index contributed by atoms with van der Waals surface area (Å²) in [6.45, 7) is 0. The molecule has 4 aromatic carbocycles. The Bertz CT molecular complexity index is 6200. The van der Waals surface area contributed by atoms with Crippen LogP contribution >= 0.6 is 69.6 Å². The molecule has 30 heteroatoms. The van der Waals surface area contributed by atoms with Gasteiger partial charge in [-0.1, -0.05) is 212 Å². The van der Waals surface area contributed by atoms with Gasteiger partial charge in [0.25, 0.3) is 0 Å². The Hall–Kier alpha value is -17.7. The Labute approximate surface area is 824 Å². The molecule has 676 valence electrons. The zero-order valence-corrected chi connectivity index (χ0v) is 75.6. The molecule has 0 N–H and O–H groups in total. The van der Waals surface area contributed by atoms with Gasteiger partial charge in [-0.2, -0.15) is 0 Å². The zero-order chi connectivity index (χ0) is 99.3. The molecular weight excluding hydrogens is 1930 g/mol. The highest BCUT2D eigenvalue weighted by Crippen LogP contribution is 2.30. The minimum absolute atomic E-state index is 0.488. The first kappa shape index (κ1) is 103. The van der Waals surface area contributed by atoms with E-state index in [-0.39, 0.29) is 0 Å². The molecule has 0 bridgehead atoms. The van der Waals surface area contributed by atoms with Crippen LogP contribution < -0.4 is 0 Å². The van der Waals surface area contributed by atoms with Crippen LogP contribution in [0.15, 0.2) is 294 Å². The number of halogens is 18. The SMILES string of the molecule is ClC(Cl)Cl.ClC(Cl)Cl.Fc1c(C#Cc2ccncc2)c(F)c(C#Cc2ccncc2)c(F)c1C#Cc1ccncc1.Fc1c(C#Cc2ccncc2)c(F)c(C#Cc2ccncc2)c(F)c1C#Cc1ccncc1.Fc1c(C#Cc2ccncc2)c(F)c(C#Cc2ccncc2)c(F)c1C#Cc1ccncc1.Fc1c(C#Cc2ccncc2)c(F)c(C#Cc2ccncc2)c(F)c1C#Cc1ccncc1. The van der Waals surface area contributed by atoms with Crippen LogP contribution in [0, 0.1) is 212 Å². The number of pyridine rings is 12. The van der Waals surface area contributed by atoms with Gasteiger partial charge in [0.2, 0.25) is 0 Å². The summed E-state index contributed by atoms with van der Waals surface area (Å²) in [6, 6.07) is 38.0. The third-order valence-corrected chi connectivity index (χ3v) is 17.4. The Morgan fingerprint density at radius 2 is 0.179 bits per heavy atom. The maximum absolute atomic E-state index is 15.2. The molecule has 0 aliphatic carbocycles. The molecule has 0 fully saturated rings. The lowest BCUT2D eigenvalue weighted by Crippen LogP contribution is -2.04. The number of alkyl halides is 6. The Kier molecular flexibility index (Phi) is 39.7. The average Bonchev–Trinajstić information content (AvgIpc) is 0.795. The molecule has 0 radical (unpaired) electrons. The van der Waals surface area contributed by atoms with Crippen LogP contribution in [0.25, 0.3) is 0 Å². The average molecular weight is 1980 g/mol. The van der Waals surface area contributed by atoms with Crippen LogP contribution in [0.5, 0.6) is 0 Å². The van der Waals surface area contributed by atoms with Crippen molar-refractivity contribution in [1.29, 1.82) is 0 Å². The first-order valence-electron chi connectivity index (χ1n) is 39.7. The van der Waals surface area contributed by atoms with Crippen LogP contribution in [0.4, 0.5) is 52.7 Å². The van der Waals surface area contributed by atoms with Gasteiger partial charge in [-0.3, -0.25) is 59.8 Å². The second-order valence-corrected chi connectivity index (χ2v) is 30.6. The van der Waals surface area contributed by atoms with Gasteiger partial charge in [0.15, 0.2) is 78.4 Å². The van der Waals surface area contributed by atoms with Crippen molar-refractivity contribution < 1.29 is 52.7 Å². The summed E-state index contributed by atoms with van der Waals surface area (Å²) in [5.74, 6) is 47.0. The zero-order valence-electron chi connectivity index (χ0n) is 71.0. The first-order valence-corrected chi connectivity index (χ1v) is 42.3.